The number of hydrogen-bond donors (Lipinski definition) is 1. The van der Waals surface area contributed by atoms with Crippen LogP contribution in [-0.2, 0) is 9.53 Å². The lowest BCUT2D eigenvalue weighted by Gasteiger charge is -2.14. The summed E-state index contributed by atoms with van der Waals surface area (Å²) >= 11 is 11.6. The number of esters is 1. The third-order valence-corrected chi connectivity index (χ3v) is 3.72. The van der Waals surface area contributed by atoms with Crippen molar-refractivity contribution in [2.24, 2.45) is 0 Å². The summed E-state index contributed by atoms with van der Waals surface area (Å²) in [6, 6.07) is 9.61. The minimum Gasteiger partial charge on any atom is -0.449 e. The molecule has 25 heavy (non-hydrogen) atoms. The van der Waals surface area contributed by atoms with Crippen molar-refractivity contribution in [2.75, 3.05) is 5.32 Å². The molecule has 1 atom stereocenters. The van der Waals surface area contributed by atoms with Crippen LogP contribution in [0.25, 0.3) is 0 Å². The summed E-state index contributed by atoms with van der Waals surface area (Å²) in [5.74, 6) is -1.31. The van der Waals surface area contributed by atoms with Gasteiger partial charge in [0.05, 0.1) is 21.2 Å². The molecule has 0 aromatic heterocycles. The van der Waals surface area contributed by atoms with E-state index in [1.807, 2.05) is 0 Å². The second-order valence-electron chi connectivity index (χ2n) is 4.96. The molecule has 0 spiro atoms. The molecule has 2 aromatic rings. The number of benzene rings is 2. The van der Waals surface area contributed by atoms with Gasteiger partial charge in [0.1, 0.15) is 0 Å². The lowest BCUT2D eigenvalue weighted by atomic mass is 10.2. The highest BCUT2D eigenvalue weighted by molar-refractivity contribution is 6.34. The van der Waals surface area contributed by atoms with E-state index >= 15 is 0 Å². The quantitative estimate of drug-likeness (QED) is 0.477. The van der Waals surface area contributed by atoms with Gasteiger partial charge in [-0.25, -0.2) is 4.79 Å². The van der Waals surface area contributed by atoms with Gasteiger partial charge in [0.25, 0.3) is 11.6 Å². The number of carbonyl (C=O) groups excluding carboxylic acids is 2. The van der Waals surface area contributed by atoms with Crippen molar-refractivity contribution < 1.29 is 19.2 Å². The normalized spacial score (nSPS) is 11.5. The molecular formula is C16H12Cl2N2O5. The van der Waals surface area contributed by atoms with E-state index in [9.17, 15) is 19.7 Å². The Kier molecular flexibility index (Phi) is 5.95. The Morgan fingerprint density at radius 3 is 2.36 bits per heavy atom. The fraction of sp³-hybridized carbons (Fsp3) is 0.125. The van der Waals surface area contributed by atoms with E-state index in [1.54, 1.807) is 0 Å². The van der Waals surface area contributed by atoms with Crippen molar-refractivity contribution >= 4 is 46.5 Å². The maximum atomic E-state index is 12.1. The van der Waals surface area contributed by atoms with Crippen LogP contribution in [0.2, 0.25) is 10.0 Å². The topological polar surface area (TPSA) is 98.5 Å². The van der Waals surface area contributed by atoms with Crippen LogP contribution in [0, 0.1) is 10.1 Å². The van der Waals surface area contributed by atoms with Crippen molar-refractivity contribution in [1.29, 1.82) is 0 Å². The first-order chi connectivity index (χ1) is 11.8. The highest BCUT2D eigenvalue weighted by atomic mass is 35.5. The van der Waals surface area contributed by atoms with Crippen molar-refractivity contribution in [3.63, 3.8) is 0 Å². The van der Waals surface area contributed by atoms with E-state index in [0.717, 1.165) is 6.07 Å². The fourth-order valence-corrected chi connectivity index (χ4v) is 2.17. The molecule has 0 bridgehead atoms. The summed E-state index contributed by atoms with van der Waals surface area (Å²) in [5.41, 5.74) is 0.217. The Morgan fingerprint density at radius 2 is 1.80 bits per heavy atom. The molecule has 0 saturated carbocycles. The lowest BCUT2D eigenvalue weighted by Crippen LogP contribution is -2.30. The minimum atomic E-state index is -1.10. The van der Waals surface area contributed by atoms with Crippen molar-refractivity contribution in [3.8, 4) is 0 Å². The maximum Gasteiger partial charge on any atom is 0.338 e. The number of non-ortho nitro benzene ring substituents is 1. The number of ether oxygens (including phenoxy) is 1. The monoisotopic (exact) mass is 382 g/mol. The largest absolute Gasteiger partial charge is 0.449 e. The summed E-state index contributed by atoms with van der Waals surface area (Å²) < 4.78 is 5.07. The minimum absolute atomic E-state index is 0.00113. The molecule has 0 heterocycles. The average molecular weight is 383 g/mol. The van der Waals surface area contributed by atoms with Crippen LogP contribution in [0.5, 0.6) is 0 Å². The molecule has 2 rings (SSSR count). The third kappa shape index (κ3) is 4.91. The highest BCUT2D eigenvalue weighted by Crippen LogP contribution is 2.26. The number of carbonyl (C=O) groups is 2. The van der Waals surface area contributed by atoms with Gasteiger partial charge < -0.3 is 10.1 Å². The molecule has 1 amide bonds. The van der Waals surface area contributed by atoms with E-state index in [2.05, 4.69) is 5.32 Å². The van der Waals surface area contributed by atoms with E-state index in [-0.39, 0.29) is 22.0 Å². The second-order valence-corrected chi connectivity index (χ2v) is 5.81. The molecule has 1 N–H and O–H groups in total. The Balaban J connectivity index is 2.01. The summed E-state index contributed by atoms with van der Waals surface area (Å²) in [7, 11) is 0. The van der Waals surface area contributed by atoms with Gasteiger partial charge >= 0.3 is 5.97 Å². The molecular weight excluding hydrogens is 371 g/mol. The SMILES string of the molecule is CC(OC(=O)c1ccc(Cl)cc1)C(=O)Nc1ccc([N+](=O)[O-])cc1Cl. The zero-order valence-electron chi connectivity index (χ0n) is 12.9. The fourth-order valence-electron chi connectivity index (χ4n) is 1.82. The number of rotatable bonds is 5. The van der Waals surface area contributed by atoms with Crippen LogP contribution in [0.3, 0.4) is 0 Å². The number of nitrogens with zero attached hydrogens (tertiary/aromatic N) is 1. The smallest absolute Gasteiger partial charge is 0.338 e. The summed E-state index contributed by atoms with van der Waals surface area (Å²) in [6.07, 6.45) is -1.10. The van der Waals surface area contributed by atoms with Gasteiger partial charge in [-0.05, 0) is 37.3 Å². The average Bonchev–Trinajstić information content (AvgIpc) is 2.56. The third-order valence-electron chi connectivity index (χ3n) is 3.15. The molecule has 2 aromatic carbocycles. The summed E-state index contributed by atoms with van der Waals surface area (Å²) in [4.78, 5) is 34.1. The van der Waals surface area contributed by atoms with E-state index in [1.165, 1.54) is 43.3 Å². The van der Waals surface area contributed by atoms with E-state index < -0.39 is 22.9 Å². The van der Waals surface area contributed by atoms with Gasteiger partial charge in [-0.1, -0.05) is 23.2 Å². The van der Waals surface area contributed by atoms with Gasteiger partial charge in [-0.3, -0.25) is 14.9 Å². The van der Waals surface area contributed by atoms with Crippen LogP contribution in [-0.4, -0.2) is 22.9 Å². The molecule has 1 unspecified atom stereocenters. The molecule has 0 aliphatic carbocycles. The molecule has 9 heteroatoms. The molecule has 0 radical (unpaired) electrons. The van der Waals surface area contributed by atoms with Crippen molar-refractivity contribution in [2.45, 2.75) is 13.0 Å². The van der Waals surface area contributed by atoms with Crippen LogP contribution >= 0.6 is 23.2 Å². The number of nitrogens with one attached hydrogen (secondary N) is 1. The second kappa shape index (κ2) is 7.96. The van der Waals surface area contributed by atoms with E-state index in [4.69, 9.17) is 27.9 Å². The number of nitro benzene ring substituents is 1. The van der Waals surface area contributed by atoms with Crippen molar-refractivity contribution in [3.05, 3.63) is 68.2 Å². The summed E-state index contributed by atoms with van der Waals surface area (Å²) in [6.45, 7) is 1.39. The van der Waals surface area contributed by atoms with Crippen LogP contribution in [0.15, 0.2) is 42.5 Å². The molecule has 0 aliphatic rings. The number of anilines is 1. The number of hydrogen-bond acceptors (Lipinski definition) is 5. The van der Waals surface area contributed by atoms with Gasteiger partial charge in [0, 0.05) is 17.2 Å². The van der Waals surface area contributed by atoms with Crippen LogP contribution in [0.1, 0.15) is 17.3 Å². The molecule has 7 nitrogen and oxygen atoms in total. The number of nitro groups is 1. The molecule has 130 valence electrons. The molecule has 0 saturated heterocycles. The van der Waals surface area contributed by atoms with Gasteiger partial charge in [-0.2, -0.15) is 0 Å². The summed E-state index contributed by atoms with van der Waals surface area (Å²) in [5, 5.41) is 13.6. The van der Waals surface area contributed by atoms with Crippen LogP contribution in [0.4, 0.5) is 11.4 Å². The van der Waals surface area contributed by atoms with Crippen LogP contribution < -0.4 is 5.32 Å². The highest BCUT2D eigenvalue weighted by Gasteiger charge is 2.20. The number of halogens is 2. The van der Waals surface area contributed by atoms with Gasteiger partial charge in [-0.15, -0.1) is 0 Å². The Labute approximate surface area is 152 Å². The number of amides is 1. The maximum absolute atomic E-state index is 12.1. The Bertz CT molecular complexity index is 824. The predicted octanol–water partition coefficient (Wildman–Crippen LogP) is 4.09. The first kappa shape index (κ1) is 18.7. The predicted molar refractivity (Wildman–Crippen MR) is 93.1 cm³/mol. The lowest BCUT2D eigenvalue weighted by molar-refractivity contribution is -0.384. The first-order valence-electron chi connectivity index (χ1n) is 6.99. The van der Waals surface area contributed by atoms with E-state index in [0.29, 0.717) is 5.02 Å². The molecule has 0 aliphatic heterocycles. The standard InChI is InChI=1S/C16H12Cl2N2O5/c1-9(25-16(22)10-2-4-11(17)5-3-10)15(21)19-14-7-6-12(20(23)24)8-13(14)18/h2-9H,1H3,(H,19,21). The zero-order valence-corrected chi connectivity index (χ0v) is 14.4. The first-order valence-corrected chi connectivity index (χ1v) is 7.75. The molecule has 0 fully saturated rings. The van der Waals surface area contributed by atoms with Gasteiger partial charge in [0.2, 0.25) is 0 Å². The van der Waals surface area contributed by atoms with Gasteiger partial charge in [0.15, 0.2) is 6.10 Å². The zero-order chi connectivity index (χ0) is 18.6. The Hall–Kier alpha value is -2.64. The van der Waals surface area contributed by atoms with Crippen molar-refractivity contribution in [1.82, 2.24) is 0 Å². The Morgan fingerprint density at radius 1 is 1.16 bits per heavy atom.